The molecule has 3 aromatic rings. The lowest BCUT2D eigenvalue weighted by molar-refractivity contribution is 0.0936. The van der Waals surface area contributed by atoms with Gasteiger partial charge < -0.3 is 10.6 Å². The molecule has 0 saturated carbocycles. The second kappa shape index (κ2) is 7.84. The molecule has 0 saturated heterocycles. The Hall–Kier alpha value is -3.15. The quantitative estimate of drug-likeness (QED) is 0.703. The Balaban J connectivity index is 1.99. The molecule has 1 atom stereocenters. The third kappa shape index (κ3) is 3.76. The number of carbonyl (C=O) groups is 2. The van der Waals surface area contributed by atoms with Gasteiger partial charge in [0.05, 0.1) is 5.52 Å². The number of carbonyl (C=O) groups excluding carboxylic acids is 2. The van der Waals surface area contributed by atoms with Gasteiger partial charge in [0, 0.05) is 17.9 Å². The highest BCUT2D eigenvalue weighted by Gasteiger charge is 2.22. The molecule has 2 N–H and O–H groups in total. The lowest BCUT2D eigenvalue weighted by atomic mass is 10.1. The fraction of sp³-hybridized carbons (Fsp3) is 0.318. The molecule has 1 aromatic carbocycles. The maximum Gasteiger partial charge on any atom is 0.292 e. The number of hydrogen-bond donors (Lipinski definition) is 2. The summed E-state index contributed by atoms with van der Waals surface area (Å²) in [5, 5.41) is 5.88. The molecule has 0 spiro atoms. The minimum absolute atomic E-state index is 0.0306. The first-order valence-corrected chi connectivity index (χ1v) is 9.49. The number of rotatable bonds is 5. The number of amides is 2. The summed E-state index contributed by atoms with van der Waals surface area (Å²) in [6, 6.07) is 9.51. The van der Waals surface area contributed by atoms with Crippen LogP contribution in [0.1, 0.15) is 58.1 Å². The Morgan fingerprint density at radius 3 is 2.43 bits per heavy atom. The summed E-state index contributed by atoms with van der Waals surface area (Å²) in [7, 11) is 0. The Kier molecular flexibility index (Phi) is 5.49. The summed E-state index contributed by atoms with van der Waals surface area (Å²) in [5.74, 6) is -0.442. The molecule has 6 nitrogen and oxygen atoms in total. The highest BCUT2D eigenvalue weighted by atomic mass is 16.2. The van der Waals surface area contributed by atoms with E-state index >= 15 is 0 Å². The van der Waals surface area contributed by atoms with Crippen LogP contribution < -0.4 is 10.6 Å². The summed E-state index contributed by atoms with van der Waals surface area (Å²) < 4.78 is 1.65. The smallest absolute Gasteiger partial charge is 0.292 e. The number of anilines is 1. The van der Waals surface area contributed by atoms with Crippen LogP contribution >= 0.6 is 0 Å². The Morgan fingerprint density at radius 1 is 1.11 bits per heavy atom. The summed E-state index contributed by atoms with van der Waals surface area (Å²) in [5.41, 5.74) is 4.74. The summed E-state index contributed by atoms with van der Waals surface area (Å²) in [6.45, 7) is 9.89. The first kappa shape index (κ1) is 19.6. The fourth-order valence-electron chi connectivity index (χ4n) is 3.31. The predicted octanol–water partition coefficient (Wildman–Crippen LogP) is 4.04. The lowest BCUT2D eigenvalue weighted by Gasteiger charge is -2.12. The monoisotopic (exact) mass is 378 g/mol. The first-order valence-electron chi connectivity index (χ1n) is 9.49. The van der Waals surface area contributed by atoms with E-state index in [4.69, 9.17) is 0 Å². The van der Waals surface area contributed by atoms with Crippen molar-refractivity contribution in [1.29, 1.82) is 0 Å². The molecule has 0 aliphatic rings. The van der Waals surface area contributed by atoms with Crippen molar-refractivity contribution in [2.75, 3.05) is 5.32 Å². The van der Waals surface area contributed by atoms with Crippen LogP contribution in [0.25, 0.3) is 5.52 Å². The van der Waals surface area contributed by atoms with Crippen LogP contribution in [0.2, 0.25) is 0 Å². The van der Waals surface area contributed by atoms with E-state index in [1.165, 1.54) is 0 Å². The molecule has 0 bridgehead atoms. The number of benzene rings is 1. The van der Waals surface area contributed by atoms with Gasteiger partial charge in [-0.1, -0.05) is 30.7 Å². The third-order valence-electron chi connectivity index (χ3n) is 4.87. The van der Waals surface area contributed by atoms with E-state index in [0.717, 1.165) is 28.8 Å². The maximum atomic E-state index is 13.0. The van der Waals surface area contributed by atoms with E-state index < -0.39 is 0 Å². The number of hydrogen-bond acceptors (Lipinski definition) is 3. The third-order valence-corrected chi connectivity index (χ3v) is 4.87. The lowest BCUT2D eigenvalue weighted by Crippen LogP contribution is -2.32. The van der Waals surface area contributed by atoms with Crippen LogP contribution in [-0.2, 0) is 0 Å². The van der Waals surface area contributed by atoms with E-state index in [1.54, 1.807) is 16.7 Å². The first-order chi connectivity index (χ1) is 13.3. The van der Waals surface area contributed by atoms with E-state index in [2.05, 4.69) is 15.6 Å². The number of nitrogens with zero attached hydrogens (tertiary/aromatic N) is 2. The van der Waals surface area contributed by atoms with E-state index in [0.29, 0.717) is 5.52 Å². The Bertz CT molecular complexity index is 1030. The van der Waals surface area contributed by atoms with Crippen LogP contribution in [0.3, 0.4) is 0 Å². The maximum absolute atomic E-state index is 13.0. The highest BCUT2D eigenvalue weighted by molar-refractivity contribution is 6.06. The van der Waals surface area contributed by atoms with Gasteiger partial charge in [-0.3, -0.25) is 14.0 Å². The molecule has 0 aliphatic carbocycles. The topological polar surface area (TPSA) is 75.5 Å². The molecule has 0 aliphatic heterocycles. The Labute approximate surface area is 165 Å². The van der Waals surface area contributed by atoms with Gasteiger partial charge in [-0.2, -0.15) is 0 Å². The second-order valence-electron chi connectivity index (χ2n) is 7.25. The van der Waals surface area contributed by atoms with Gasteiger partial charge in [-0.25, -0.2) is 4.98 Å². The molecule has 0 radical (unpaired) electrons. The molecule has 146 valence electrons. The molecule has 1 unspecified atom stereocenters. The van der Waals surface area contributed by atoms with E-state index in [9.17, 15) is 9.59 Å². The van der Waals surface area contributed by atoms with Crippen molar-refractivity contribution in [1.82, 2.24) is 14.7 Å². The molecule has 0 fully saturated rings. The van der Waals surface area contributed by atoms with E-state index in [-0.39, 0.29) is 29.4 Å². The number of aryl methyl sites for hydroxylation is 3. The van der Waals surface area contributed by atoms with Crippen LogP contribution in [-0.4, -0.2) is 27.2 Å². The average Bonchev–Trinajstić information content (AvgIpc) is 3.04. The van der Waals surface area contributed by atoms with Gasteiger partial charge in [-0.05, 0) is 57.4 Å². The zero-order chi connectivity index (χ0) is 20.4. The summed E-state index contributed by atoms with van der Waals surface area (Å²) >= 11 is 0. The number of fused-ring (bicyclic) bond motifs is 1. The van der Waals surface area contributed by atoms with Crippen LogP contribution in [0.15, 0.2) is 36.5 Å². The minimum atomic E-state index is -0.348. The number of imidazole rings is 1. The second-order valence-corrected chi connectivity index (χ2v) is 7.25. The molecular formula is C22H26N4O2. The SMILES string of the molecule is CCC(C)NC(=O)c1nc(C(=O)Nc2c(C)cc(C)cc2C)n2ccccc12. The molecule has 6 heteroatoms. The Morgan fingerprint density at radius 2 is 1.79 bits per heavy atom. The summed E-state index contributed by atoms with van der Waals surface area (Å²) in [4.78, 5) is 30.0. The van der Waals surface area contributed by atoms with Gasteiger partial charge in [0.1, 0.15) is 0 Å². The standard InChI is InChI=1S/C22H26N4O2/c1-6-16(5)23-21(27)19-17-9-7-8-10-26(17)20(24-19)22(28)25-18-14(3)11-13(2)12-15(18)4/h7-12,16H,6H2,1-5H3,(H,23,27)(H,25,28). The molecule has 2 heterocycles. The average molecular weight is 378 g/mol. The van der Waals surface area contributed by atoms with Gasteiger partial charge in [0.2, 0.25) is 5.82 Å². The predicted molar refractivity (Wildman–Crippen MR) is 111 cm³/mol. The van der Waals surface area contributed by atoms with Crippen molar-refractivity contribution >= 4 is 23.0 Å². The van der Waals surface area contributed by atoms with E-state index in [1.807, 2.05) is 58.9 Å². The van der Waals surface area contributed by atoms with Crippen LogP contribution in [0, 0.1) is 20.8 Å². The number of nitrogens with one attached hydrogen (secondary N) is 2. The van der Waals surface area contributed by atoms with Crippen molar-refractivity contribution in [3.63, 3.8) is 0 Å². The van der Waals surface area contributed by atoms with Gasteiger partial charge in [-0.15, -0.1) is 0 Å². The van der Waals surface area contributed by atoms with Crippen LogP contribution in [0.4, 0.5) is 5.69 Å². The van der Waals surface area contributed by atoms with Crippen molar-refractivity contribution in [2.45, 2.75) is 47.1 Å². The molecule has 3 rings (SSSR count). The molecule has 2 amide bonds. The molecule has 28 heavy (non-hydrogen) atoms. The van der Waals surface area contributed by atoms with Crippen molar-refractivity contribution in [2.24, 2.45) is 0 Å². The van der Waals surface area contributed by atoms with Crippen molar-refractivity contribution < 1.29 is 9.59 Å². The van der Waals surface area contributed by atoms with Gasteiger partial charge >= 0.3 is 0 Å². The van der Waals surface area contributed by atoms with Crippen LogP contribution in [0.5, 0.6) is 0 Å². The number of pyridine rings is 1. The molecular weight excluding hydrogens is 352 g/mol. The molecule has 2 aromatic heterocycles. The zero-order valence-corrected chi connectivity index (χ0v) is 17.0. The fourth-order valence-corrected chi connectivity index (χ4v) is 3.31. The highest BCUT2D eigenvalue weighted by Crippen LogP contribution is 2.23. The minimum Gasteiger partial charge on any atom is -0.348 e. The van der Waals surface area contributed by atoms with Gasteiger partial charge in [0.15, 0.2) is 5.69 Å². The van der Waals surface area contributed by atoms with Crippen molar-refractivity contribution in [3.05, 3.63) is 64.7 Å². The zero-order valence-electron chi connectivity index (χ0n) is 17.0. The number of aromatic nitrogens is 2. The van der Waals surface area contributed by atoms with Gasteiger partial charge in [0.25, 0.3) is 11.8 Å². The largest absolute Gasteiger partial charge is 0.348 e. The van der Waals surface area contributed by atoms with Crippen molar-refractivity contribution in [3.8, 4) is 0 Å². The normalized spacial score (nSPS) is 12.0. The summed E-state index contributed by atoms with van der Waals surface area (Å²) in [6.07, 6.45) is 2.56.